The number of carbonyl (C=O) groups excluding carboxylic acids is 3. The number of thiocarbonyl (C=S) groups is 1. The Morgan fingerprint density at radius 3 is 2.62 bits per heavy atom. The smallest absolute Gasteiger partial charge is 0.249 e. The Kier molecular flexibility index (Phi) is 5.10. The van der Waals surface area contributed by atoms with Crippen LogP contribution in [0.2, 0.25) is 0 Å². The Balaban J connectivity index is 1.69. The highest BCUT2D eigenvalue weighted by Gasteiger charge is 2.36. The maximum atomic E-state index is 12.3. The molecule has 0 atom stereocenters. The fourth-order valence-corrected chi connectivity index (χ4v) is 3.90. The van der Waals surface area contributed by atoms with E-state index in [4.69, 9.17) is 12.2 Å². The molecule has 2 heterocycles. The number of rotatable bonds is 4. The lowest BCUT2D eigenvalue weighted by Crippen LogP contribution is -2.39. The summed E-state index contributed by atoms with van der Waals surface area (Å²) < 4.78 is 0. The third-order valence-electron chi connectivity index (χ3n) is 3.82. The molecular weight excluding hydrogens is 372 g/mol. The van der Waals surface area contributed by atoms with Crippen LogP contribution in [0.4, 0.5) is 5.13 Å². The molecule has 0 spiro atoms. The van der Waals surface area contributed by atoms with Crippen molar-refractivity contribution in [2.24, 2.45) is 0 Å². The number of benzene rings is 1. The topological polar surface area (TPSA) is 82.6 Å². The lowest BCUT2D eigenvalue weighted by molar-refractivity contribution is -0.130. The van der Waals surface area contributed by atoms with Gasteiger partial charge in [-0.3, -0.25) is 24.2 Å². The Labute approximate surface area is 159 Å². The van der Waals surface area contributed by atoms with Gasteiger partial charge in [0.2, 0.25) is 17.7 Å². The van der Waals surface area contributed by atoms with Crippen molar-refractivity contribution in [2.75, 3.05) is 18.4 Å². The van der Waals surface area contributed by atoms with E-state index < -0.39 is 5.91 Å². The summed E-state index contributed by atoms with van der Waals surface area (Å²) in [6.07, 6.45) is 0. The molecule has 134 valence electrons. The normalized spacial score (nSPS) is 14.1. The summed E-state index contributed by atoms with van der Waals surface area (Å²) in [5, 5.41) is 3.20. The Morgan fingerprint density at radius 1 is 1.31 bits per heavy atom. The van der Waals surface area contributed by atoms with Crippen LogP contribution < -0.4 is 5.32 Å². The first-order valence-corrected chi connectivity index (χ1v) is 9.04. The zero-order chi connectivity index (χ0) is 18.8. The monoisotopic (exact) mass is 388 g/mol. The first kappa shape index (κ1) is 18.2. The third-order valence-corrected chi connectivity index (χ3v) is 5.38. The summed E-state index contributed by atoms with van der Waals surface area (Å²) in [6, 6.07) is 9.76. The van der Waals surface area contributed by atoms with Crippen molar-refractivity contribution in [2.45, 2.75) is 13.8 Å². The number of anilines is 1. The number of hydrogen-bond acceptors (Lipinski definition) is 6. The number of nitrogens with one attached hydrogen (secondary N) is 1. The van der Waals surface area contributed by atoms with Crippen LogP contribution >= 0.6 is 23.6 Å². The molecule has 0 unspecified atom stereocenters. The van der Waals surface area contributed by atoms with Gasteiger partial charge < -0.3 is 5.32 Å². The van der Waals surface area contributed by atoms with Crippen molar-refractivity contribution in [3.8, 4) is 10.4 Å². The maximum absolute atomic E-state index is 12.3. The second-order valence-electron chi connectivity index (χ2n) is 5.72. The molecule has 1 aliphatic heterocycles. The summed E-state index contributed by atoms with van der Waals surface area (Å²) >= 11 is 6.47. The second kappa shape index (κ2) is 7.30. The van der Waals surface area contributed by atoms with Gasteiger partial charge in [0.05, 0.1) is 10.6 Å². The Hall–Kier alpha value is -2.65. The van der Waals surface area contributed by atoms with Crippen molar-refractivity contribution in [1.29, 1.82) is 0 Å². The van der Waals surface area contributed by atoms with Crippen molar-refractivity contribution < 1.29 is 14.4 Å². The van der Waals surface area contributed by atoms with E-state index in [9.17, 15) is 14.4 Å². The average Bonchev–Trinajstić information content (AvgIpc) is 3.10. The minimum absolute atomic E-state index is 0.0537. The predicted molar refractivity (Wildman–Crippen MR) is 103 cm³/mol. The molecular formula is C17H16N4O3S2. The zero-order valence-corrected chi connectivity index (χ0v) is 15.8. The van der Waals surface area contributed by atoms with Crippen molar-refractivity contribution >= 4 is 51.5 Å². The van der Waals surface area contributed by atoms with Crippen molar-refractivity contribution in [3.63, 3.8) is 0 Å². The zero-order valence-electron chi connectivity index (χ0n) is 14.2. The number of hydrogen-bond donors (Lipinski definition) is 1. The third kappa shape index (κ3) is 3.63. The first-order chi connectivity index (χ1) is 12.4. The van der Waals surface area contributed by atoms with Crippen LogP contribution in [0.5, 0.6) is 0 Å². The van der Waals surface area contributed by atoms with E-state index in [-0.39, 0.29) is 30.0 Å². The van der Waals surface area contributed by atoms with Crippen LogP contribution in [0.25, 0.3) is 10.4 Å². The standard InChI is InChI=1S/C17H16N4O3S2/c1-10-15(12-6-4-3-5-7-12)26-16(18-10)19-13(23)8-21-14(24)9-20(11(2)22)17(21)25/h3-7H,8-9H2,1-2H3,(H,18,19,23). The van der Waals surface area contributed by atoms with Crippen LogP contribution in [0.15, 0.2) is 30.3 Å². The molecule has 26 heavy (non-hydrogen) atoms. The van der Waals surface area contributed by atoms with E-state index in [1.807, 2.05) is 37.3 Å². The minimum atomic E-state index is -0.417. The van der Waals surface area contributed by atoms with Crippen molar-refractivity contribution in [1.82, 2.24) is 14.8 Å². The van der Waals surface area contributed by atoms with Crippen LogP contribution in [-0.4, -0.2) is 50.7 Å². The van der Waals surface area contributed by atoms with E-state index in [0.717, 1.165) is 21.0 Å². The van der Waals surface area contributed by atoms with Gasteiger partial charge in [-0.15, -0.1) is 0 Å². The van der Waals surface area contributed by atoms with Crippen LogP contribution in [0.1, 0.15) is 12.6 Å². The summed E-state index contributed by atoms with van der Waals surface area (Å²) in [4.78, 5) is 43.4. The van der Waals surface area contributed by atoms with E-state index in [1.165, 1.54) is 23.2 Å². The van der Waals surface area contributed by atoms with Crippen LogP contribution in [-0.2, 0) is 14.4 Å². The van der Waals surface area contributed by atoms with E-state index in [0.29, 0.717) is 5.13 Å². The highest BCUT2D eigenvalue weighted by atomic mass is 32.1. The van der Waals surface area contributed by atoms with E-state index in [1.54, 1.807) is 0 Å². The quantitative estimate of drug-likeness (QED) is 0.811. The molecule has 0 bridgehead atoms. The number of thiazole rings is 1. The number of amides is 3. The molecule has 1 N–H and O–H groups in total. The summed E-state index contributed by atoms with van der Waals surface area (Å²) in [7, 11) is 0. The molecule has 3 rings (SSSR count). The highest BCUT2D eigenvalue weighted by molar-refractivity contribution is 7.80. The van der Waals surface area contributed by atoms with Crippen LogP contribution in [0.3, 0.4) is 0 Å². The number of nitrogens with zero attached hydrogens (tertiary/aromatic N) is 3. The molecule has 2 aromatic rings. The number of aromatic nitrogens is 1. The molecule has 0 saturated carbocycles. The fourth-order valence-electron chi connectivity index (χ4n) is 2.55. The van der Waals surface area contributed by atoms with Gasteiger partial charge >= 0.3 is 0 Å². The van der Waals surface area contributed by atoms with E-state index in [2.05, 4.69) is 10.3 Å². The average molecular weight is 388 g/mol. The van der Waals surface area contributed by atoms with Gasteiger partial charge in [0, 0.05) is 6.92 Å². The van der Waals surface area contributed by atoms with Crippen LogP contribution in [0, 0.1) is 6.92 Å². The van der Waals surface area contributed by atoms with Gasteiger partial charge in [0.15, 0.2) is 10.2 Å². The molecule has 9 heteroatoms. The molecule has 3 amide bonds. The molecule has 1 aromatic carbocycles. The lowest BCUT2D eigenvalue weighted by Gasteiger charge is -2.17. The summed E-state index contributed by atoms with van der Waals surface area (Å²) in [5.74, 6) is -1.12. The first-order valence-electron chi connectivity index (χ1n) is 7.82. The SMILES string of the molecule is CC(=O)N1CC(=O)N(CC(=O)Nc2nc(C)c(-c3ccccc3)s2)C1=S. The summed E-state index contributed by atoms with van der Waals surface area (Å²) in [6.45, 7) is 2.82. The van der Waals surface area contributed by atoms with E-state index >= 15 is 0 Å². The lowest BCUT2D eigenvalue weighted by atomic mass is 10.2. The van der Waals surface area contributed by atoms with Gasteiger partial charge in [0.1, 0.15) is 13.1 Å². The van der Waals surface area contributed by atoms with Gasteiger partial charge in [-0.25, -0.2) is 4.98 Å². The molecule has 1 saturated heterocycles. The molecule has 1 aromatic heterocycles. The Morgan fingerprint density at radius 2 is 2.00 bits per heavy atom. The second-order valence-corrected chi connectivity index (χ2v) is 7.08. The van der Waals surface area contributed by atoms with Crippen molar-refractivity contribution in [3.05, 3.63) is 36.0 Å². The summed E-state index contributed by atoms with van der Waals surface area (Å²) in [5.41, 5.74) is 1.84. The highest BCUT2D eigenvalue weighted by Crippen LogP contribution is 2.32. The molecule has 0 aliphatic carbocycles. The van der Waals surface area contributed by atoms with Gasteiger partial charge in [-0.05, 0) is 24.7 Å². The molecule has 0 radical (unpaired) electrons. The maximum Gasteiger partial charge on any atom is 0.249 e. The van der Waals surface area contributed by atoms with Gasteiger partial charge in [-0.1, -0.05) is 41.7 Å². The minimum Gasteiger partial charge on any atom is -0.300 e. The predicted octanol–water partition coefficient (Wildman–Crippen LogP) is 2.03. The van der Waals surface area contributed by atoms with Gasteiger partial charge in [0.25, 0.3) is 0 Å². The molecule has 1 aliphatic rings. The molecule has 1 fully saturated rings. The fraction of sp³-hybridized carbons (Fsp3) is 0.235. The number of carbonyl (C=O) groups is 3. The Bertz CT molecular complexity index is 895. The molecule has 7 nitrogen and oxygen atoms in total. The van der Waals surface area contributed by atoms with Gasteiger partial charge in [-0.2, -0.15) is 0 Å². The number of aryl methyl sites for hydroxylation is 1. The largest absolute Gasteiger partial charge is 0.300 e.